The van der Waals surface area contributed by atoms with E-state index in [9.17, 15) is 0 Å². The van der Waals surface area contributed by atoms with Gasteiger partial charge in [-0.2, -0.15) is 0 Å². The predicted octanol–water partition coefficient (Wildman–Crippen LogP) is 6.36. The summed E-state index contributed by atoms with van der Waals surface area (Å²) in [5.41, 5.74) is 5.77. The highest BCUT2D eigenvalue weighted by atomic mass is 32.2. The van der Waals surface area contributed by atoms with Gasteiger partial charge >= 0.3 is 0 Å². The first-order valence-electron chi connectivity index (χ1n) is 10.7. The molecule has 5 rings (SSSR count). The van der Waals surface area contributed by atoms with Gasteiger partial charge < -0.3 is 0 Å². The van der Waals surface area contributed by atoms with Crippen molar-refractivity contribution in [3.8, 4) is 17.1 Å². The Balaban J connectivity index is 1.60. The van der Waals surface area contributed by atoms with Crippen LogP contribution in [0.2, 0.25) is 0 Å². The molecular formula is C25H23N5S2. The Morgan fingerprint density at radius 2 is 1.72 bits per heavy atom. The second-order valence-corrected chi connectivity index (χ2v) is 9.44. The Hall–Kier alpha value is -3.03. The zero-order valence-corrected chi connectivity index (χ0v) is 19.7. The molecule has 160 valence electrons. The maximum absolute atomic E-state index is 4.79. The van der Waals surface area contributed by atoms with Gasteiger partial charge in [0.2, 0.25) is 0 Å². The lowest BCUT2D eigenvalue weighted by atomic mass is 10.0. The number of nitrogens with zero attached hydrogens (tertiary/aromatic N) is 5. The van der Waals surface area contributed by atoms with Crippen LogP contribution < -0.4 is 0 Å². The second kappa shape index (κ2) is 9.22. The summed E-state index contributed by atoms with van der Waals surface area (Å²) in [7, 11) is 0. The first-order valence-corrected chi connectivity index (χ1v) is 12.5. The molecule has 0 saturated heterocycles. The first-order chi connectivity index (χ1) is 15.8. The molecule has 7 heteroatoms. The summed E-state index contributed by atoms with van der Waals surface area (Å²) in [4.78, 5) is 9.10. The fourth-order valence-corrected chi connectivity index (χ4v) is 5.75. The minimum atomic E-state index is 0.750. The number of thiazole rings is 1. The molecule has 0 saturated carbocycles. The quantitative estimate of drug-likeness (QED) is 0.266. The standard InChI is InChI=1S/C25H23N5S2/c1-3-17-9-7-10-18(4-2)23(17)30-24(19-11-8-14-26-15-19)28-29-25(30)31-16-22-27-20-12-5-6-13-21(20)32-22/h5-15H,3-4,16H2,1-2H3. The van der Waals surface area contributed by atoms with Crippen molar-refractivity contribution >= 4 is 33.3 Å². The molecule has 3 aromatic heterocycles. The van der Waals surface area contributed by atoms with E-state index in [2.05, 4.69) is 70.0 Å². The molecule has 0 aliphatic rings. The van der Waals surface area contributed by atoms with E-state index in [1.807, 2.05) is 24.4 Å². The number of para-hydroxylation sites is 2. The minimum absolute atomic E-state index is 0.750. The summed E-state index contributed by atoms with van der Waals surface area (Å²) in [6.07, 6.45) is 5.51. The zero-order valence-electron chi connectivity index (χ0n) is 18.0. The van der Waals surface area contributed by atoms with E-state index >= 15 is 0 Å². The summed E-state index contributed by atoms with van der Waals surface area (Å²) in [5, 5.41) is 11.2. The third kappa shape index (κ3) is 3.94. The Labute approximate surface area is 195 Å². The minimum Gasteiger partial charge on any atom is -0.269 e. The Morgan fingerprint density at radius 1 is 0.906 bits per heavy atom. The lowest BCUT2D eigenvalue weighted by molar-refractivity contribution is 0.857. The summed E-state index contributed by atoms with van der Waals surface area (Å²) >= 11 is 3.42. The number of aromatic nitrogens is 5. The second-order valence-electron chi connectivity index (χ2n) is 7.38. The van der Waals surface area contributed by atoms with Gasteiger partial charge in [0.1, 0.15) is 5.01 Å². The molecule has 0 atom stereocenters. The van der Waals surface area contributed by atoms with Gasteiger partial charge in [-0.3, -0.25) is 9.55 Å². The van der Waals surface area contributed by atoms with Crippen LogP contribution in [0.4, 0.5) is 0 Å². The topological polar surface area (TPSA) is 56.5 Å². The molecule has 0 aliphatic heterocycles. The third-order valence-electron chi connectivity index (χ3n) is 5.40. The number of benzene rings is 2. The first kappa shape index (κ1) is 20.8. The molecule has 0 spiro atoms. The molecule has 32 heavy (non-hydrogen) atoms. The highest BCUT2D eigenvalue weighted by Crippen LogP contribution is 2.34. The molecule has 3 heterocycles. The Bertz CT molecular complexity index is 1300. The van der Waals surface area contributed by atoms with Crippen LogP contribution in [0.5, 0.6) is 0 Å². The Morgan fingerprint density at radius 3 is 2.44 bits per heavy atom. The van der Waals surface area contributed by atoms with Crippen LogP contribution in [-0.4, -0.2) is 24.7 Å². The number of thioether (sulfide) groups is 1. The largest absolute Gasteiger partial charge is 0.269 e. The van der Waals surface area contributed by atoms with E-state index in [-0.39, 0.29) is 0 Å². The van der Waals surface area contributed by atoms with Gasteiger partial charge in [0, 0.05) is 18.0 Å². The van der Waals surface area contributed by atoms with Crippen LogP contribution in [-0.2, 0) is 18.6 Å². The van der Waals surface area contributed by atoms with Gasteiger partial charge in [-0.05, 0) is 48.2 Å². The highest BCUT2D eigenvalue weighted by Gasteiger charge is 2.21. The predicted molar refractivity (Wildman–Crippen MR) is 133 cm³/mol. The van der Waals surface area contributed by atoms with Gasteiger partial charge in [-0.1, -0.05) is 55.9 Å². The molecular weight excluding hydrogens is 434 g/mol. The van der Waals surface area contributed by atoms with Crippen LogP contribution in [0.1, 0.15) is 30.0 Å². The van der Waals surface area contributed by atoms with Gasteiger partial charge in [-0.25, -0.2) is 4.98 Å². The van der Waals surface area contributed by atoms with E-state index in [0.717, 1.165) is 45.7 Å². The van der Waals surface area contributed by atoms with Crippen molar-refractivity contribution in [2.75, 3.05) is 0 Å². The lowest BCUT2D eigenvalue weighted by Crippen LogP contribution is -2.07. The van der Waals surface area contributed by atoms with Crippen molar-refractivity contribution in [1.82, 2.24) is 24.7 Å². The number of pyridine rings is 1. The summed E-state index contributed by atoms with van der Waals surface area (Å²) in [6, 6.07) is 18.8. The van der Waals surface area contributed by atoms with Crippen molar-refractivity contribution in [2.45, 2.75) is 37.6 Å². The normalized spacial score (nSPS) is 11.3. The van der Waals surface area contributed by atoms with Crippen molar-refractivity contribution in [3.63, 3.8) is 0 Å². The molecule has 0 unspecified atom stereocenters. The average Bonchev–Trinajstić information content (AvgIpc) is 3.46. The van der Waals surface area contributed by atoms with Crippen LogP contribution in [0.3, 0.4) is 0 Å². The van der Waals surface area contributed by atoms with Gasteiger partial charge in [0.15, 0.2) is 11.0 Å². The number of hydrogen-bond acceptors (Lipinski definition) is 6. The van der Waals surface area contributed by atoms with Crippen LogP contribution in [0, 0.1) is 0 Å². The van der Waals surface area contributed by atoms with Gasteiger partial charge in [0.05, 0.1) is 21.7 Å². The summed E-state index contributed by atoms with van der Waals surface area (Å²) in [5.74, 6) is 1.57. The molecule has 0 amide bonds. The summed E-state index contributed by atoms with van der Waals surface area (Å²) < 4.78 is 3.43. The average molecular weight is 458 g/mol. The lowest BCUT2D eigenvalue weighted by Gasteiger charge is -2.17. The van der Waals surface area contributed by atoms with Crippen molar-refractivity contribution in [1.29, 1.82) is 0 Å². The maximum atomic E-state index is 4.79. The molecule has 0 aliphatic carbocycles. The van der Waals surface area contributed by atoms with Gasteiger partial charge in [0.25, 0.3) is 0 Å². The molecule has 0 N–H and O–H groups in total. The molecule has 0 bridgehead atoms. The smallest absolute Gasteiger partial charge is 0.196 e. The van der Waals surface area contributed by atoms with Gasteiger partial charge in [-0.15, -0.1) is 21.5 Å². The molecule has 0 radical (unpaired) electrons. The fraction of sp³-hybridized carbons (Fsp3) is 0.200. The maximum Gasteiger partial charge on any atom is 0.196 e. The van der Waals surface area contributed by atoms with E-state index < -0.39 is 0 Å². The number of rotatable bonds is 7. The van der Waals surface area contributed by atoms with Crippen LogP contribution in [0.25, 0.3) is 27.3 Å². The third-order valence-corrected chi connectivity index (χ3v) is 7.56. The zero-order chi connectivity index (χ0) is 21.9. The van der Waals surface area contributed by atoms with Crippen molar-refractivity contribution in [2.24, 2.45) is 0 Å². The summed E-state index contributed by atoms with van der Waals surface area (Å²) in [6.45, 7) is 4.39. The monoisotopic (exact) mass is 457 g/mol. The molecule has 5 nitrogen and oxygen atoms in total. The van der Waals surface area contributed by atoms with E-state index in [1.54, 1.807) is 29.3 Å². The van der Waals surface area contributed by atoms with E-state index in [0.29, 0.717) is 0 Å². The van der Waals surface area contributed by atoms with Crippen molar-refractivity contribution < 1.29 is 0 Å². The van der Waals surface area contributed by atoms with Crippen LogP contribution in [0.15, 0.2) is 72.1 Å². The number of aryl methyl sites for hydroxylation is 2. The number of hydrogen-bond donors (Lipinski definition) is 0. The molecule has 5 aromatic rings. The van der Waals surface area contributed by atoms with E-state index in [4.69, 9.17) is 4.98 Å². The molecule has 0 fully saturated rings. The van der Waals surface area contributed by atoms with E-state index in [1.165, 1.54) is 21.5 Å². The highest BCUT2D eigenvalue weighted by molar-refractivity contribution is 7.98. The SMILES string of the molecule is CCc1cccc(CC)c1-n1c(SCc2nc3ccccc3s2)nnc1-c1cccnc1. The number of fused-ring (bicyclic) bond motifs is 1. The fourth-order valence-electron chi connectivity index (χ4n) is 3.86. The van der Waals surface area contributed by atoms with Crippen molar-refractivity contribution in [3.05, 3.63) is 83.1 Å². The molecule has 2 aromatic carbocycles. The Kier molecular flexibility index (Phi) is 6.01. The van der Waals surface area contributed by atoms with Crippen LogP contribution >= 0.6 is 23.1 Å².